The van der Waals surface area contributed by atoms with Crippen molar-refractivity contribution in [1.82, 2.24) is 15.5 Å². The van der Waals surface area contributed by atoms with E-state index >= 15 is 0 Å². The average molecular weight is 356 g/mol. The van der Waals surface area contributed by atoms with Gasteiger partial charge in [0, 0.05) is 11.6 Å². The van der Waals surface area contributed by atoms with Crippen LogP contribution in [0.15, 0.2) is 29.3 Å². The number of thioether (sulfide) groups is 1. The Morgan fingerprint density at radius 3 is 2.48 bits per heavy atom. The number of carbonyl (C=O) groups is 1. The minimum absolute atomic E-state index is 0.0905. The van der Waals surface area contributed by atoms with Gasteiger partial charge in [0.1, 0.15) is 5.03 Å². The highest BCUT2D eigenvalue weighted by Gasteiger charge is 2.17. The van der Waals surface area contributed by atoms with Crippen LogP contribution >= 0.6 is 11.8 Å². The molecule has 0 unspecified atom stereocenters. The maximum atomic E-state index is 12.0. The van der Waals surface area contributed by atoms with Crippen molar-refractivity contribution in [2.24, 2.45) is 0 Å². The van der Waals surface area contributed by atoms with Gasteiger partial charge >= 0.3 is 0 Å². The molecule has 0 aliphatic heterocycles. The third-order valence-corrected chi connectivity index (χ3v) is 5.75. The van der Waals surface area contributed by atoms with Gasteiger partial charge in [-0.15, -0.1) is 10.2 Å². The third-order valence-electron chi connectivity index (χ3n) is 4.83. The minimum Gasteiger partial charge on any atom is -0.353 e. The van der Waals surface area contributed by atoms with Gasteiger partial charge in [-0.05, 0) is 68.5 Å². The summed E-state index contributed by atoms with van der Waals surface area (Å²) in [5.74, 6) is 0.487. The summed E-state index contributed by atoms with van der Waals surface area (Å²) in [5.41, 5.74) is 5.74. The van der Waals surface area contributed by atoms with Crippen LogP contribution in [0.4, 0.5) is 0 Å². The number of hydrogen-bond acceptors (Lipinski definition) is 4. The number of hydrogen-bond donors (Lipinski definition) is 1. The van der Waals surface area contributed by atoms with Crippen LogP contribution in [0.1, 0.15) is 42.4 Å². The Balaban J connectivity index is 1.60. The summed E-state index contributed by atoms with van der Waals surface area (Å²) in [6.07, 6.45) is 4.67. The molecule has 1 saturated carbocycles. The van der Waals surface area contributed by atoms with E-state index in [9.17, 15) is 4.79 Å². The summed E-state index contributed by atoms with van der Waals surface area (Å²) in [4.78, 5) is 12.0. The van der Waals surface area contributed by atoms with Crippen LogP contribution in [-0.2, 0) is 4.79 Å². The van der Waals surface area contributed by atoms with Gasteiger partial charge < -0.3 is 5.32 Å². The summed E-state index contributed by atoms with van der Waals surface area (Å²) in [6.45, 7) is 6.33. The van der Waals surface area contributed by atoms with Crippen molar-refractivity contribution in [2.45, 2.75) is 57.5 Å². The summed E-state index contributed by atoms with van der Waals surface area (Å²) in [7, 11) is 0. The molecule has 132 valence electrons. The molecule has 4 nitrogen and oxygen atoms in total. The van der Waals surface area contributed by atoms with Gasteiger partial charge in [-0.1, -0.05) is 30.7 Å². The SMILES string of the molecule is Cc1cc(C)c(-c2ccc(SCC(=O)NC3CCCC3)nn2)cc1C. The lowest BCUT2D eigenvalue weighted by atomic mass is 9.99. The normalized spacial score (nSPS) is 14.7. The lowest BCUT2D eigenvalue weighted by Gasteiger charge is -2.11. The molecule has 3 rings (SSSR count). The second kappa shape index (κ2) is 8.00. The van der Waals surface area contributed by atoms with Crippen LogP contribution < -0.4 is 5.32 Å². The Labute approximate surface area is 153 Å². The molecule has 1 heterocycles. The second-order valence-corrected chi connectivity index (χ2v) is 7.84. The number of nitrogens with zero attached hydrogens (tertiary/aromatic N) is 2. The van der Waals surface area contributed by atoms with Gasteiger partial charge in [0.15, 0.2) is 0 Å². The number of aromatic nitrogens is 2. The fraction of sp³-hybridized carbons (Fsp3) is 0.450. The predicted octanol–water partition coefficient (Wildman–Crippen LogP) is 4.22. The molecule has 1 aliphatic carbocycles. The first-order valence-corrected chi connectivity index (χ1v) is 9.85. The fourth-order valence-corrected chi connectivity index (χ4v) is 3.88. The zero-order valence-corrected chi connectivity index (χ0v) is 15.9. The highest BCUT2D eigenvalue weighted by atomic mass is 32.2. The highest BCUT2D eigenvalue weighted by Crippen LogP contribution is 2.26. The van der Waals surface area contributed by atoms with Crippen molar-refractivity contribution in [1.29, 1.82) is 0 Å². The number of rotatable bonds is 5. The maximum Gasteiger partial charge on any atom is 0.230 e. The number of carbonyl (C=O) groups excluding carboxylic acids is 1. The molecule has 25 heavy (non-hydrogen) atoms. The van der Waals surface area contributed by atoms with E-state index < -0.39 is 0 Å². The van der Waals surface area contributed by atoms with Crippen LogP contribution in [0, 0.1) is 20.8 Å². The molecular formula is C20H25N3OS. The first-order chi connectivity index (χ1) is 12.0. The standard InChI is InChI=1S/C20H25N3OS/c1-13-10-15(3)17(11-14(13)2)18-8-9-20(23-22-18)25-12-19(24)21-16-6-4-5-7-16/h8-11,16H,4-7,12H2,1-3H3,(H,21,24). The van der Waals surface area contributed by atoms with Crippen molar-refractivity contribution in [3.63, 3.8) is 0 Å². The monoisotopic (exact) mass is 355 g/mol. The third kappa shape index (κ3) is 4.60. The minimum atomic E-state index is 0.0905. The first kappa shape index (κ1) is 17.9. The molecular weight excluding hydrogens is 330 g/mol. The molecule has 0 saturated heterocycles. The Bertz CT molecular complexity index is 752. The largest absolute Gasteiger partial charge is 0.353 e. The van der Waals surface area contributed by atoms with E-state index in [2.05, 4.69) is 48.4 Å². The molecule has 0 radical (unpaired) electrons. The quantitative estimate of drug-likeness (QED) is 0.816. The van der Waals surface area contributed by atoms with E-state index in [4.69, 9.17) is 0 Å². The van der Waals surface area contributed by atoms with Gasteiger partial charge in [0.25, 0.3) is 0 Å². The van der Waals surface area contributed by atoms with E-state index in [1.807, 2.05) is 12.1 Å². The van der Waals surface area contributed by atoms with Crippen molar-refractivity contribution >= 4 is 17.7 Å². The summed E-state index contributed by atoms with van der Waals surface area (Å²) in [5, 5.41) is 12.5. The molecule has 2 aromatic rings. The lowest BCUT2D eigenvalue weighted by Crippen LogP contribution is -2.33. The molecule has 5 heteroatoms. The average Bonchev–Trinajstić information content (AvgIpc) is 3.10. The van der Waals surface area contributed by atoms with Gasteiger partial charge in [0.2, 0.25) is 5.91 Å². The Hall–Kier alpha value is -1.88. The van der Waals surface area contributed by atoms with Gasteiger partial charge in [-0.3, -0.25) is 4.79 Å². The highest BCUT2D eigenvalue weighted by molar-refractivity contribution is 7.99. The topological polar surface area (TPSA) is 54.9 Å². The Morgan fingerprint density at radius 2 is 1.80 bits per heavy atom. The second-order valence-electron chi connectivity index (χ2n) is 6.85. The molecule has 1 aromatic heterocycles. The molecule has 0 bridgehead atoms. The van der Waals surface area contributed by atoms with E-state index in [1.165, 1.54) is 41.3 Å². The smallest absolute Gasteiger partial charge is 0.230 e. The van der Waals surface area contributed by atoms with E-state index in [0.717, 1.165) is 29.1 Å². The van der Waals surface area contributed by atoms with E-state index in [-0.39, 0.29) is 5.91 Å². The van der Waals surface area contributed by atoms with Gasteiger partial charge in [-0.25, -0.2) is 0 Å². The van der Waals surface area contributed by atoms with Gasteiger partial charge in [-0.2, -0.15) is 0 Å². The summed E-state index contributed by atoms with van der Waals surface area (Å²) in [6, 6.07) is 8.65. The number of benzene rings is 1. The van der Waals surface area contributed by atoms with Crippen molar-refractivity contribution < 1.29 is 4.79 Å². The van der Waals surface area contributed by atoms with E-state index in [0.29, 0.717) is 11.8 Å². The summed E-state index contributed by atoms with van der Waals surface area (Å²) >= 11 is 1.44. The Morgan fingerprint density at radius 1 is 1.08 bits per heavy atom. The zero-order chi connectivity index (χ0) is 17.8. The molecule has 1 N–H and O–H groups in total. The lowest BCUT2D eigenvalue weighted by molar-refractivity contribution is -0.119. The molecule has 1 aliphatic rings. The molecule has 1 fully saturated rings. The van der Waals surface area contributed by atoms with Gasteiger partial charge in [0.05, 0.1) is 11.4 Å². The van der Waals surface area contributed by atoms with Crippen LogP contribution in [0.5, 0.6) is 0 Å². The predicted molar refractivity (Wildman–Crippen MR) is 103 cm³/mol. The maximum absolute atomic E-state index is 12.0. The van der Waals surface area contributed by atoms with Crippen molar-refractivity contribution in [3.05, 3.63) is 41.0 Å². The Kier molecular flexibility index (Phi) is 5.74. The zero-order valence-electron chi connectivity index (χ0n) is 15.1. The molecule has 1 aromatic carbocycles. The summed E-state index contributed by atoms with van der Waals surface area (Å²) < 4.78 is 0. The molecule has 1 amide bonds. The molecule has 0 spiro atoms. The van der Waals surface area contributed by atoms with Crippen LogP contribution in [0.3, 0.4) is 0 Å². The van der Waals surface area contributed by atoms with Crippen LogP contribution in [0.2, 0.25) is 0 Å². The van der Waals surface area contributed by atoms with Crippen molar-refractivity contribution in [2.75, 3.05) is 5.75 Å². The van der Waals surface area contributed by atoms with Crippen LogP contribution in [-0.4, -0.2) is 27.9 Å². The first-order valence-electron chi connectivity index (χ1n) is 8.87. The fourth-order valence-electron chi connectivity index (χ4n) is 3.26. The number of aryl methyl sites for hydroxylation is 3. The van der Waals surface area contributed by atoms with E-state index in [1.54, 1.807) is 0 Å². The molecule has 0 atom stereocenters. The number of amides is 1. The van der Waals surface area contributed by atoms with Crippen molar-refractivity contribution in [3.8, 4) is 11.3 Å². The van der Waals surface area contributed by atoms with Crippen LogP contribution in [0.25, 0.3) is 11.3 Å². The number of nitrogens with one attached hydrogen (secondary N) is 1.